The molecule has 0 aromatic rings. The zero-order valence-corrected chi connectivity index (χ0v) is 12.6. The second-order valence-corrected chi connectivity index (χ2v) is 6.33. The van der Waals surface area contributed by atoms with Crippen LogP contribution in [0.25, 0.3) is 0 Å². The van der Waals surface area contributed by atoms with E-state index in [4.69, 9.17) is 0 Å². The standard InChI is InChI=1S/C14H28N2O3/c1-11(2)16-7-5-6-12(13(16)19)15(4)8-14(3,9-17)10-18/h11-12,17-18H,5-10H2,1-4H3/t12-/m0/s1. The molecule has 1 aliphatic rings. The van der Waals surface area contributed by atoms with E-state index in [9.17, 15) is 15.0 Å². The molecular weight excluding hydrogens is 244 g/mol. The zero-order chi connectivity index (χ0) is 14.6. The topological polar surface area (TPSA) is 64.0 Å². The molecule has 1 amide bonds. The van der Waals surface area contributed by atoms with Gasteiger partial charge in [-0.25, -0.2) is 0 Å². The molecule has 1 aliphatic heterocycles. The van der Waals surface area contributed by atoms with Gasteiger partial charge in [-0.05, 0) is 33.7 Å². The van der Waals surface area contributed by atoms with Gasteiger partial charge in [0.1, 0.15) is 0 Å². The second kappa shape index (κ2) is 6.68. The second-order valence-electron chi connectivity index (χ2n) is 6.33. The molecule has 1 rings (SSSR count). The normalized spacial score (nSPS) is 21.6. The highest BCUT2D eigenvalue weighted by Gasteiger charge is 2.35. The number of carbonyl (C=O) groups is 1. The number of hydrogen-bond donors (Lipinski definition) is 2. The van der Waals surface area contributed by atoms with E-state index in [2.05, 4.69) is 0 Å². The smallest absolute Gasteiger partial charge is 0.240 e. The first-order chi connectivity index (χ1) is 8.84. The highest BCUT2D eigenvalue weighted by molar-refractivity contribution is 5.82. The van der Waals surface area contributed by atoms with Crippen LogP contribution in [0.2, 0.25) is 0 Å². The Bertz CT molecular complexity index is 303. The van der Waals surface area contributed by atoms with Crippen LogP contribution >= 0.6 is 0 Å². The zero-order valence-electron chi connectivity index (χ0n) is 12.6. The van der Waals surface area contributed by atoms with Gasteiger partial charge < -0.3 is 15.1 Å². The first-order valence-electron chi connectivity index (χ1n) is 7.07. The molecule has 0 radical (unpaired) electrons. The van der Waals surface area contributed by atoms with Gasteiger partial charge in [0.25, 0.3) is 0 Å². The highest BCUT2D eigenvalue weighted by atomic mass is 16.3. The van der Waals surface area contributed by atoms with Crippen molar-refractivity contribution in [1.29, 1.82) is 0 Å². The number of amides is 1. The Morgan fingerprint density at radius 3 is 2.47 bits per heavy atom. The molecule has 5 nitrogen and oxygen atoms in total. The van der Waals surface area contributed by atoms with Gasteiger partial charge in [-0.3, -0.25) is 9.69 Å². The van der Waals surface area contributed by atoms with Crippen molar-refractivity contribution in [1.82, 2.24) is 9.80 Å². The van der Waals surface area contributed by atoms with E-state index in [0.717, 1.165) is 19.4 Å². The number of aliphatic hydroxyl groups is 2. The van der Waals surface area contributed by atoms with E-state index in [1.807, 2.05) is 37.6 Å². The molecule has 112 valence electrons. The van der Waals surface area contributed by atoms with Crippen LogP contribution in [0.5, 0.6) is 0 Å². The molecule has 5 heteroatoms. The molecule has 0 bridgehead atoms. The van der Waals surface area contributed by atoms with Crippen LogP contribution in [0.1, 0.15) is 33.6 Å². The lowest BCUT2D eigenvalue weighted by Gasteiger charge is -2.41. The Morgan fingerprint density at radius 2 is 2.00 bits per heavy atom. The number of hydrogen-bond acceptors (Lipinski definition) is 4. The average Bonchev–Trinajstić information content (AvgIpc) is 2.38. The summed E-state index contributed by atoms with van der Waals surface area (Å²) in [6.07, 6.45) is 1.86. The number of likely N-dealkylation sites (N-methyl/N-ethyl adjacent to an activating group) is 1. The molecular formula is C14H28N2O3. The molecule has 1 fully saturated rings. The monoisotopic (exact) mass is 272 g/mol. The Hall–Kier alpha value is -0.650. The van der Waals surface area contributed by atoms with Crippen molar-refractivity contribution in [2.24, 2.45) is 5.41 Å². The van der Waals surface area contributed by atoms with Gasteiger partial charge in [0.15, 0.2) is 0 Å². The number of likely N-dealkylation sites (tertiary alicyclic amines) is 1. The average molecular weight is 272 g/mol. The number of nitrogens with zero attached hydrogens (tertiary/aromatic N) is 2. The lowest BCUT2D eigenvalue weighted by atomic mass is 9.91. The number of aliphatic hydroxyl groups excluding tert-OH is 2. The summed E-state index contributed by atoms with van der Waals surface area (Å²) in [4.78, 5) is 16.3. The third-order valence-electron chi connectivity index (χ3n) is 3.99. The van der Waals surface area contributed by atoms with E-state index in [1.165, 1.54) is 0 Å². The SMILES string of the molecule is CC(C)N1CCC[C@H](N(C)CC(C)(CO)CO)C1=O. The van der Waals surface area contributed by atoms with Gasteiger partial charge in [-0.1, -0.05) is 6.92 Å². The quantitative estimate of drug-likeness (QED) is 0.730. The predicted molar refractivity (Wildman–Crippen MR) is 74.8 cm³/mol. The molecule has 1 heterocycles. The number of rotatable bonds is 6. The van der Waals surface area contributed by atoms with Crippen LogP contribution < -0.4 is 0 Å². The lowest BCUT2D eigenvalue weighted by Crippen LogP contribution is -2.55. The molecule has 19 heavy (non-hydrogen) atoms. The van der Waals surface area contributed by atoms with Crippen LogP contribution in [-0.2, 0) is 4.79 Å². The Labute approximate surface area is 116 Å². The fraction of sp³-hybridized carbons (Fsp3) is 0.929. The van der Waals surface area contributed by atoms with Crippen molar-refractivity contribution in [3.8, 4) is 0 Å². The Balaban J connectivity index is 2.70. The van der Waals surface area contributed by atoms with E-state index in [0.29, 0.717) is 6.54 Å². The van der Waals surface area contributed by atoms with Crippen molar-refractivity contribution < 1.29 is 15.0 Å². The molecule has 0 aromatic heterocycles. The third-order valence-corrected chi connectivity index (χ3v) is 3.99. The Kier molecular flexibility index (Phi) is 5.77. The summed E-state index contributed by atoms with van der Waals surface area (Å²) in [6.45, 7) is 7.08. The molecule has 0 unspecified atom stereocenters. The summed E-state index contributed by atoms with van der Waals surface area (Å²) < 4.78 is 0. The van der Waals surface area contributed by atoms with Gasteiger partial charge in [0.2, 0.25) is 5.91 Å². The van der Waals surface area contributed by atoms with Crippen LogP contribution in [0.4, 0.5) is 0 Å². The number of carbonyl (C=O) groups excluding carboxylic acids is 1. The molecule has 2 N–H and O–H groups in total. The first-order valence-corrected chi connectivity index (χ1v) is 7.07. The molecule has 1 saturated heterocycles. The molecule has 0 saturated carbocycles. The summed E-state index contributed by atoms with van der Waals surface area (Å²) in [5.41, 5.74) is -0.560. The van der Waals surface area contributed by atoms with Gasteiger partial charge in [0.05, 0.1) is 19.3 Å². The summed E-state index contributed by atoms with van der Waals surface area (Å²) in [5.74, 6) is 0.168. The third kappa shape index (κ3) is 3.91. The van der Waals surface area contributed by atoms with E-state index >= 15 is 0 Å². The summed E-state index contributed by atoms with van der Waals surface area (Å²) in [6, 6.07) is 0.0966. The highest BCUT2D eigenvalue weighted by Crippen LogP contribution is 2.22. The number of piperidine rings is 1. The fourth-order valence-electron chi connectivity index (χ4n) is 2.66. The minimum Gasteiger partial charge on any atom is -0.396 e. The van der Waals surface area contributed by atoms with Crippen LogP contribution in [0.3, 0.4) is 0 Å². The van der Waals surface area contributed by atoms with Gasteiger partial charge >= 0.3 is 0 Å². The van der Waals surface area contributed by atoms with Gasteiger partial charge in [-0.2, -0.15) is 0 Å². The molecule has 0 aromatic carbocycles. The molecule has 0 spiro atoms. The maximum Gasteiger partial charge on any atom is 0.240 e. The molecule has 1 atom stereocenters. The summed E-state index contributed by atoms with van der Waals surface area (Å²) in [7, 11) is 1.90. The van der Waals surface area contributed by atoms with Gasteiger partial charge in [0, 0.05) is 24.5 Å². The first kappa shape index (κ1) is 16.4. The van der Waals surface area contributed by atoms with E-state index in [1.54, 1.807) is 0 Å². The largest absolute Gasteiger partial charge is 0.396 e. The van der Waals surface area contributed by atoms with Crippen molar-refractivity contribution in [3.63, 3.8) is 0 Å². The van der Waals surface area contributed by atoms with Crippen LogP contribution in [0, 0.1) is 5.41 Å². The fourth-order valence-corrected chi connectivity index (χ4v) is 2.66. The maximum atomic E-state index is 12.4. The summed E-state index contributed by atoms with van der Waals surface area (Å²) in [5, 5.41) is 18.7. The van der Waals surface area contributed by atoms with E-state index < -0.39 is 5.41 Å². The van der Waals surface area contributed by atoms with E-state index in [-0.39, 0.29) is 31.2 Å². The Morgan fingerprint density at radius 1 is 1.42 bits per heavy atom. The van der Waals surface area contributed by atoms with Crippen LogP contribution in [-0.4, -0.2) is 71.4 Å². The predicted octanol–water partition coefficient (Wildman–Crippen LogP) is 0.309. The lowest BCUT2D eigenvalue weighted by molar-refractivity contribution is -0.142. The van der Waals surface area contributed by atoms with Gasteiger partial charge in [-0.15, -0.1) is 0 Å². The van der Waals surface area contributed by atoms with Crippen LogP contribution in [0.15, 0.2) is 0 Å². The minimum atomic E-state index is -0.560. The maximum absolute atomic E-state index is 12.4. The van der Waals surface area contributed by atoms with Crippen molar-refractivity contribution >= 4 is 5.91 Å². The molecule has 0 aliphatic carbocycles. The summed E-state index contributed by atoms with van der Waals surface area (Å²) >= 11 is 0. The van der Waals surface area contributed by atoms with Crippen molar-refractivity contribution in [2.45, 2.75) is 45.7 Å². The minimum absolute atomic E-state index is 0.0807. The van der Waals surface area contributed by atoms with Crippen molar-refractivity contribution in [3.05, 3.63) is 0 Å². The van der Waals surface area contributed by atoms with Crippen molar-refractivity contribution in [2.75, 3.05) is 33.4 Å².